The lowest BCUT2D eigenvalue weighted by Gasteiger charge is -2.08. The van der Waals surface area contributed by atoms with Gasteiger partial charge in [0.2, 0.25) is 0 Å². The van der Waals surface area contributed by atoms with E-state index in [0.717, 1.165) is 43.9 Å². The predicted molar refractivity (Wildman–Crippen MR) is 74.8 cm³/mol. The van der Waals surface area contributed by atoms with E-state index in [4.69, 9.17) is 0 Å². The van der Waals surface area contributed by atoms with Crippen LogP contribution < -0.4 is 5.32 Å². The van der Waals surface area contributed by atoms with Gasteiger partial charge in [0.1, 0.15) is 5.82 Å². The lowest BCUT2D eigenvalue weighted by molar-refractivity contribution is 0.655. The lowest BCUT2D eigenvalue weighted by Crippen LogP contribution is -2.14. The van der Waals surface area contributed by atoms with Gasteiger partial charge in [-0.25, -0.2) is 4.98 Å². The van der Waals surface area contributed by atoms with Crippen LogP contribution in [0.4, 0.5) is 0 Å². The topological polar surface area (TPSA) is 40.7 Å². The van der Waals surface area contributed by atoms with Crippen molar-refractivity contribution in [3.8, 4) is 0 Å². The second-order valence-corrected chi connectivity index (χ2v) is 5.24. The van der Waals surface area contributed by atoms with E-state index in [1.807, 2.05) is 6.20 Å². The van der Waals surface area contributed by atoms with E-state index in [0.29, 0.717) is 0 Å². The Labute approximate surface area is 111 Å². The van der Waals surface area contributed by atoms with Gasteiger partial charge in [0, 0.05) is 0 Å². The third kappa shape index (κ3) is 3.54. The van der Waals surface area contributed by atoms with Crippen molar-refractivity contribution in [2.75, 3.05) is 6.54 Å². The molecule has 0 atom stereocenters. The van der Waals surface area contributed by atoms with Crippen molar-refractivity contribution >= 4 is 21.5 Å². The highest BCUT2D eigenvalue weighted by Crippen LogP contribution is 2.27. The van der Waals surface area contributed by atoms with Gasteiger partial charge in [0.25, 0.3) is 0 Å². The summed E-state index contributed by atoms with van der Waals surface area (Å²) in [6.07, 6.45) is 9.51. The van der Waals surface area contributed by atoms with Crippen LogP contribution in [0.2, 0.25) is 0 Å². The SMILES string of the molecule is CCCNCc1ncc(C2=CC=C(Br)CC2)[nH]1. The molecule has 0 saturated heterocycles. The molecule has 3 nitrogen and oxygen atoms in total. The van der Waals surface area contributed by atoms with Crippen molar-refractivity contribution in [3.05, 3.63) is 34.3 Å². The Hall–Kier alpha value is -0.870. The highest BCUT2D eigenvalue weighted by Gasteiger charge is 2.09. The second kappa shape index (κ2) is 6.17. The fourth-order valence-corrected chi connectivity index (χ4v) is 2.17. The summed E-state index contributed by atoms with van der Waals surface area (Å²) in [5.41, 5.74) is 2.48. The highest BCUT2D eigenvalue weighted by molar-refractivity contribution is 9.11. The van der Waals surface area contributed by atoms with E-state index in [1.54, 1.807) is 0 Å². The number of aromatic amines is 1. The number of rotatable bonds is 5. The first kappa shape index (κ1) is 12.6. The molecular formula is C13H18BrN3. The number of aromatic nitrogens is 2. The first-order valence-corrected chi connectivity index (χ1v) is 6.89. The summed E-state index contributed by atoms with van der Waals surface area (Å²) in [7, 11) is 0. The Kier molecular flexibility index (Phi) is 4.57. The van der Waals surface area contributed by atoms with Crippen LogP contribution in [-0.4, -0.2) is 16.5 Å². The zero-order valence-electron chi connectivity index (χ0n) is 10.1. The number of nitrogens with one attached hydrogen (secondary N) is 2. The maximum absolute atomic E-state index is 4.39. The van der Waals surface area contributed by atoms with Gasteiger partial charge in [-0.1, -0.05) is 35.0 Å². The van der Waals surface area contributed by atoms with Gasteiger partial charge in [0.05, 0.1) is 18.4 Å². The number of nitrogens with zero attached hydrogens (tertiary/aromatic N) is 1. The number of hydrogen-bond donors (Lipinski definition) is 2. The van der Waals surface area contributed by atoms with Gasteiger partial charge in [-0.3, -0.25) is 0 Å². The van der Waals surface area contributed by atoms with Crippen LogP contribution in [0.3, 0.4) is 0 Å². The molecule has 2 rings (SSSR count). The third-order valence-corrected chi connectivity index (χ3v) is 3.45. The number of allylic oxidation sites excluding steroid dienone is 4. The monoisotopic (exact) mass is 295 g/mol. The van der Waals surface area contributed by atoms with Crippen LogP contribution in [0.25, 0.3) is 5.57 Å². The van der Waals surface area contributed by atoms with Crippen molar-refractivity contribution < 1.29 is 0 Å². The molecule has 2 N–H and O–H groups in total. The van der Waals surface area contributed by atoms with E-state index < -0.39 is 0 Å². The number of halogens is 1. The molecule has 0 unspecified atom stereocenters. The minimum absolute atomic E-state index is 0.820. The van der Waals surface area contributed by atoms with Crippen LogP contribution in [0.1, 0.15) is 37.7 Å². The zero-order valence-corrected chi connectivity index (χ0v) is 11.7. The van der Waals surface area contributed by atoms with E-state index in [2.05, 4.69) is 50.3 Å². The Morgan fingerprint density at radius 1 is 1.41 bits per heavy atom. The molecule has 1 aliphatic carbocycles. The first-order chi connectivity index (χ1) is 8.29. The third-order valence-electron chi connectivity index (χ3n) is 2.79. The minimum atomic E-state index is 0.820. The highest BCUT2D eigenvalue weighted by atomic mass is 79.9. The summed E-state index contributed by atoms with van der Waals surface area (Å²) < 4.78 is 1.27. The summed E-state index contributed by atoms with van der Waals surface area (Å²) in [5, 5.41) is 3.34. The maximum Gasteiger partial charge on any atom is 0.120 e. The quantitative estimate of drug-likeness (QED) is 0.818. The van der Waals surface area contributed by atoms with Gasteiger partial charge < -0.3 is 10.3 Å². The van der Waals surface area contributed by atoms with Gasteiger partial charge >= 0.3 is 0 Å². The maximum atomic E-state index is 4.39. The number of hydrogen-bond acceptors (Lipinski definition) is 2. The van der Waals surface area contributed by atoms with Gasteiger partial charge in [-0.05, 0) is 35.9 Å². The van der Waals surface area contributed by atoms with Crippen LogP contribution in [0, 0.1) is 0 Å². The van der Waals surface area contributed by atoms with E-state index in [1.165, 1.54) is 10.1 Å². The molecule has 92 valence electrons. The fourth-order valence-electron chi connectivity index (χ4n) is 1.84. The van der Waals surface area contributed by atoms with Crippen LogP contribution >= 0.6 is 15.9 Å². The van der Waals surface area contributed by atoms with E-state index in [9.17, 15) is 0 Å². The Morgan fingerprint density at radius 2 is 2.29 bits per heavy atom. The van der Waals surface area contributed by atoms with Crippen molar-refractivity contribution in [1.29, 1.82) is 0 Å². The molecule has 17 heavy (non-hydrogen) atoms. The van der Waals surface area contributed by atoms with Crippen LogP contribution in [0.15, 0.2) is 22.8 Å². The van der Waals surface area contributed by atoms with Crippen LogP contribution in [-0.2, 0) is 6.54 Å². The Bertz CT molecular complexity index is 432. The van der Waals surface area contributed by atoms with E-state index >= 15 is 0 Å². The smallest absolute Gasteiger partial charge is 0.120 e. The molecule has 0 fully saturated rings. The van der Waals surface area contributed by atoms with Crippen molar-refractivity contribution in [3.63, 3.8) is 0 Å². The van der Waals surface area contributed by atoms with Gasteiger partial charge in [0.15, 0.2) is 0 Å². The summed E-state index contributed by atoms with van der Waals surface area (Å²) >= 11 is 3.52. The van der Waals surface area contributed by atoms with Crippen molar-refractivity contribution in [2.24, 2.45) is 0 Å². The summed E-state index contributed by atoms with van der Waals surface area (Å²) in [6, 6.07) is 0. The Morgan fingerprint density at radius 3 is 3.00 bits per heavy atom. The standard InChI is InChI=1S/C13H18BrN3/c1-2-7-15-9-13-16-8-12(17-13)10-3-5-11(14)6-4-10/h3,5,8,15H,2,4,6-7,9H2,1H3,(H,16,17). The lowest BCUT2D eigenvalue weighted by atomic mass is 10.0. The van der Waals surface area contributed by atoms with E-state index in [-0.39, 0.29) is 0 Å². The zero-order chi connectivity index (χ0) is 12.1. The second-order valence-electron chi connectivity index (χ2n) is 4.23. The molecule has 0 saturated carbocycles. The largest absolute Gasteiger partial charge is 0.341 e. The van der Waals surface area contributed by atoms with Crippen LogP contribution in [0.5, 0.6) is 0 Å². The fraction of sp³-hybridized carbons (Fsp3) is 0.462. The normalized spacial score (nSPS) is 15.6. The summed E-state index contributed by atoms with van der Waals surface area (Å²) in [6.45, 7) is 4.02. The molecule has 1 aromatic heterocycles. The van der Waals surface area contributed by atoms with Crippen molar-refractivity contribution in [1.82, 2.24) is 15.3 Å². The molecular weight excluding hydrogens is 278 g/mol. The molecule has 1 aliphatic rings. The van der Waals surface area contributed by atoms with Gasteiger partial charge in [-0.15, -0.1) is 0 Å². The molecule has 0 bridgehead atoms. The summed E-state index contributed by atoms with van der Waals surface area (Å²) in [5.74, 6) is 1.02. The molecule has 0 radical (unpaired) electrons. The molecule has 4 heteroatoms. The molecule has 1 heterocycles. The minimum Gasteiger partial charge on any atom is -0.341 e. The molecule has 1 aromatic rings. The average Bonchev–Trinajstić information content (AvgIpc) is 2.79. The average molecular weight is 296 g/mol. The molecule has 0 aliphatic heterocycles. The molecule has 0 amide bonds. The number of imidazole rings is 1. The Balaban J connectivity index is 1.98. The van der Waals surface area contributed by atoms with Crippen molar-refractivity contribution in [2.45, 2.75) is 32.7 Å². The predicted octanol–water partition coefficient (Wildman–Crippen LogP) is 3.37. The molecule has 0 aromatic carbocycles. The molecule has 0 spiro atoms. The number of H-pyrrole nitrogens is 1. The first-order valence-electron chi connectivity index (χ1n) is 6.10. The van der Waals surface area contributed by atoms with Gasteiger partial charge in [-0.2, -0.15) is 0 Å². The summed E-state index contributed by atoms with van der Waals surface area (Å²) in [4.78, 5) is 7.76.